The minimum absolute atomic E-state index is 0.276. The quantitative estimate of drug-likeness (QED) is 0.607. The summed E-state index contributed by atoms with van der Waals surface area (Å²) >= 11 is 0. The second-order valence-electron chi connectivity index (χ2n) is 3.58. The molecule has 0 fully saturated rings. The van der Waals surface area contributed by atoms with Crippen molar-refractivity contribution in [3.8, 4) is 48.4 Å². The Hall–Kier alpha value is -2.62. The molecule has 0 N–H and O–H groups in total. The standard InChI is InChI=1S/C18H14O2/c1-3-12-19-14-6-10-17-8-5-9-18(16-17)11-7-15-20-13-4-2/h1-2,5,8-9,16H,12-15H2. The molecule has 0 spiro atoms. The first-order valence-corrected chi connectivity index (χ1v) is 5.97. The Kier molecular flexibility index (Phi) is 7.96. The molecule has 0 unspecified atom stereocenters. The molecule has 0 saturated heterocycles. The van der Waals surface area contributed by atoms with Gasteiger partial charge in [0.25, 0.3) is 0 Å². The Balaban J connectivity index is 2.53. The van der Waals surface area contributed by atoms with Crippen molar-refractivity contribution in [1.82, 2.24) is 0 Å². The number of hydrogen-bond donors (Lipinski definition) is 0. The van der Waals surface area contributed by atoms with Gasteiger partial charge in [0.2, 0.25) is 0 Å². The van der Waals surface area contributed by atoms with Crippen LogP contribution in [0, 0.1) is 48.4 Å². The number of hydrogen-bond acceptors (Lipinski definition) is 2. The molecule has 0 heterocycles. The van der Waals surface area contributed by atoms with E-state index in [0.29, 0.717) is 13.2 Å². The van der Waals surface area contributed by atoms with Crippen molar-refractivity contribution < 1.29 is 9.47 Å². The first-order valence-electron chi connectivity index (χ1n) is 5.97. The number of terminal acetylenes is 2. The minimum atomic E-state index is 0.276. The van der Waals surface area contributed by atoms with Crippen molar-refractivity contribution >= 4 is 0 Å². The largest absolute Gasteiger partial charge is 0.356 e. The van der Waals surface area contributed by atoms with Crippen LogP contribution in [0.4, 0.5) is 0 Å². The highest BCUT2D eigenvalue weighted by molar-refractivity contribution is 5.43. The third-order valence-corrected chi connectivity index (χ3v) is 2.05. The molecule has 0 aliphatic carbocycles. The van der Waals surface area contributed by atoms with Crippen LogP contribution in [0.15, 0.2) is 24.3 Å². The van der Waals surface area contributed by atoms with E-state index in [9.17, 15) is 0 Å². The summed E-state index contributed by atoms with van der Waals surface area (Å²) in [4.78, 5) is 0. The third kappa shape index (κ3) is 6.96. The van der Waals surface area contributed by atoms with Crippen LogP contribution in [0.2, 0.25) is 0 Å². The van der Waals surface area contributed by atoms with E-state index in [1.165, 1.54) is 0 Å². The number of benzene rings is 1. The Morgan fingerprint density at radius 3 is 1.75 bits per heavy atom. The maximum Gasteiger partial charge on any atom is 0.109 e. The molecule has 2 heteroatoms. The van der Waals surface area contributed by atoms with E-state index in [1.54, 1.807) is 0 Å². The van der Waals surface area contributed by atoms with Gasteiger partial charge < -0.3 is 9.47 Å². The Morgan fingerprint density at radius 2 is 1.30 bits per heavy atom. The van der Waals surface area contributed by atoms with Gasteiger partial charge in [0, 0.05) is 11.1 Å². The molecule has 0 saturated carbocycles. The number of rotatable bonds is 4. The van der Waals surface area contributed by atoms with Crippen LogP contribution in [0.3, 0.4) is 0 Å². The Labute approximate surface area is 120 Å². The Bertz CT molecular complexity index is 568. The van der Waals surface area contributed by atoms with E-state index in [0.717, 1.165) is 11.1 Å². The summed E-state index contributed by atoms with van der Waals surface area (Å²) in [7, 11) is 0. The molecular formula is C18H14O2. The van der Waals surface area contributed by atoms with Gasteiger partial charge in [-0.05, 0) is 18.2 Å². The van der Waals surface area contributed by atoms with E-state index < -0.39 is 0 Å². The maximum absolute atomic E-state index is 5.07. The molecule has 1 aromatic rings. The monoisotopic (exact) mass is 262 g/mol. The average molecular weight is 262 g/mol. The summed E-state index contributed by atoms with van der Waals surface area (Å²) < 4.78 is 10.1. The molecule has 0 aliphatic rings. The number of ether oxygens (including phenoxy) is 2. The highest BCUT2D eigenvalue weighted by atomic mass is 16.5. The molecule has 98 valence electrons. The first kappa shape index (κ1) is 15.4. The van der Waals surface area contributed by atoms with Gasteiger partial charge in [-0.3, -0.25) is 0 Å². The summed E-state index contributed by atoms with van der Waals surface area (Å²) in [5.41, 5.74) is 1.76. The fourth-order valence-corrected chi connectivity index (χ4v) is 1.27. The molecule has 2 nitrogen and oxygen atoms in total. The third-order valence-electron chi connectivity index (χ3n) is 2.05. The first-order chi connectivity index (χ1) is 9.86. The SMILES string of the molecule is C#CCOCC#Cc1cccc(C#CCOCC#C)c1. The van der Waals surface area contributed by atoms with E-state index in [-0.39, 0.29) is 13.2 Å². The van der Waals surface area contributed by atoms with Gasteiger partial charge in [-0.2, -0.15) is 0 Å². The molecule has 0 radical (unpaired) electrons. The van der Waals surface area contributed by atoms with Gasteiger partial charge in [-0.25, -0.2) is 0 Å². The summed E-state index contributed by atoms with van der Waals surface area (Å²) in [6.45, 7) is 1.19. The predicted molar refractivity (Wildman–Crippen MR) is 79.5 cm³/mol. The van der Waals surface area contributed by atoms with Crippen LogP contribution in [-0.4, -0.2) is 26.4 Å². The van der Waals surface area contributed by atoms with Gasteiger partial charge >= 0.3 is 0 Å². The molecule has 0 aliphatic heterocycles. The van der Waals surface area contributed by atoms with Gasteiger partial charge in [0.1, 0.15) is 26.4 Å². The Morgan fingerprint density at radius 1 is 0.800 bits per heavy atom. The zero-order chi connectivity index (χ0) is 14.5. The lowest BCUT2D eigenvalue weighted by Crippen LogP contribution is -1.91. The lowest BCUT2D eigenvalue weighted by atomic mass is 10.1. The van der Waals surface area contributed by atoms with Crippen molar-refractivity contribution in [1.29, 1.82) is 0 Å². The smallest absolute Gasteiger partial charge is 0.109 e. The second-order valence-corrected chi connectivity index (χ2v) is 3.58. The maximum atomic E-state index is 5.07. The van der Waals surface area contributed by atoms with Crippen molar-refractivity contribution in [2.75, 3.05) is 26.4 Å². The molecule has 20 heavy (non-hydrogen) atoms. The van der Waals surface area contributed by atoms with Crippen molar-refractivity contribution in [2.45, 2.75) is 0 Å². The van der Waals surface area contributed by atoms with E-state index in [4.69, 9.17) is 22.3 Å². The highest BCUT2D eigenvalue weighted by Gasteiger charge is 1.89. The van der Waals surface area contributed by atoms with E-state index in [1.807, 2.05) is 24.3 Å². The summed E-state index contributed by atoms with van der Waals surface area (Å²) in [6, 6.07) is 7.63. The molecule has 0 atom stereocenters. The average Bonchev–Trinajstić information content (AvgIpc) is 2.47. The molecular weight excluding hydrogens is 248 g/mol. The molecule has 0 amide bonds. The molecule has 0 bridgehead atoms. The summed E-state index contributed by atoms with van der Waals surface area (Å²) in [6.07, 6.45) is 10.1. The predicted octanol–water partition coefficient (Wildman–Crippen LogP) is 1.69. The van der Waals surface area contributed by atoms with Crippen molar-refractivity contribution in [3.63, 3.8) is 0 Å². The topological polar surface area (TPSA) is 18.5 Å². The van der Waals surface area contributed by atoms with Gasteiger partial charge in [-0.1, -0.05) is 41.6 Å². The zero-order valence-corrected chi connectivity index (χ0v) is 11.1. The second kappa shape index (κ2) is 10.3. The van der Waals surface area contributed by atoms with Gasteiger partial charge in [0.05, 0.1) is 0 Å². The van der Waals surface area contributed by atoms with Crippen molar-refractivity contribution in [3.05, 3.63) is 35.4 Å². The van der Waals surface area contributed by atoms with Crippen LogP contribution in [0.25, 0.3) is 0 Å². The molecule has 1 aromatic carbocycles. The molecule has 1 rings (SSSR count). The van der Waals surface area contributed by atoms with E-state index in [2.05, 4.69) is 35.5 Å². The van der Waals surface area contributed by atoms with E-state index >= 15 is 0 Å². The highest BCUT2D eigenvalue weighted by Crippen LogP contribution is 2.02. The normalized spacial score (nSPS) is 8.30. The fraction of sp³-hybridized carbons (Fsp3) is 0.222. The fourth-order valence-electron chi connectivity index (χ4n) is 1.27. The van der Waals surface area contributed by atoms with Crippen LogP contribution in [0.5, 0.6) is 0 Å². The lowest BCUT2D eigenvalue weighted by Gasteiger charge is -1.93. The van der Waals surface area contributed by atoms with Crippen LogP contribution in [0.1, 0.15) is 11.1 Å². The van der Waals surface area contributed by atoms with Crippen molar-refractivity contribution in [2.24, 2.45) is 0 Å². The van der Waals surface area contributed by atoms with Crippen LogP contribution >= 0.6 is 0 Å². The van der Waals surface area contributed by atoms with Gasteiger partial charge in [0.15, 0.2) is 0 Å². The van der Waals surface area contributed by atoms with Gasteiger partial charge in [-0.15, -0.1) is 12.8 Å². The van der Waals surface area contributed by atoms with Crippen LogP contribution < -0.4 is 0 Å². The summed E-state index contributed by atoms with van der Waals surface area (Å²) in [5.74, 6) is 16.5. The molecule has 0 aromatic heterocycles. The zero-order valence-electron chi connectivity index (χ0n) is 11.1. The minimum Gasteiger partial charge on any atom is -0.356 e. The van der Waals surface area contributed by atoms with Crippen LogP contribution in [-0.2, 0) is 9.47 Å². The lowest BCUT2D eigenvalue weighted by molar-refractivity contribution is 0.204. The summed E-state index contributed by atoms with van der Waals surface area (Å²) in [5, 5.41) is 0.